The third-order valence-corrected chi connectivity index (χ3v) is 7.61. The largest absolute Gasteiger partial charge is 0.464 e. The van der Waals surface area contributed by atoms with Crippen molar-refractivity contribution < 1.29 is 9.53 Å². The average Bonchev–Trinajstić information content (AvgIpc) is 3.19. The van der Waals surface area contributed by atoms with Crippen LogP contribution >= 0.6 is 0 Å². The second-order valence-corrected chi connectivity index (χ2v) is 8.01. The second-order valence-electron chi connectivity index (χ2n) is 8.01. The molecule has 9 atom stereocenters. The monoisotopic (exact) mass is 287 g/mol. The Bertz CT molecular complexity index is 496. The van der Waals surface area contributed by atoms with Crippen LogP contribution < -0.4 is 0 Å². The van der Waals surface area contributed by atoms with Crippen LogP contribution in [0.4, 0.5) is 0 Å². The minimum Gasteiger partial charge on any atom is -0.464 e. The van der Waals surface area contributed by atoms with Crippen molar-refractivity contribution >= 4 is 5.97 Å². The number of esters is 1. The number of ether oxygens (including phenoxy) is 1. The zero-order valence-electron chi connectivity index (χ0n) is 13.0. The van der Waals surface area contributed by atoms with Crippen molar-refractivity contribution in [2.75, 3.05) is 6.61 Å². The van der Waals surface area contributed by atoms with Gasteiger partial charge < -0.3 is 4.74 Å². The van der Waals surface area contributed by atoms with Crippen LogP contribution in [0.1, 0.15) is 39.5 Å². The van der Waals surface area contributed by atoms with Gasteiger partial charge in [-0.1, -0.05) is 13.8 Å². The highest BCUT2D eigenvalue weighted by molar-refractivity contribution is 5.73. The normalized spacial score (nSPS) is 52.7. The number of carbonyl (C=O) groups is 1. The molecule has 3 heteroatoms. The molecule has 4 fully saturated rings. The third-order valence-electron chi connectivity index (χ3n) is 7.61. The van der Waals surface area contributed by atoms with Crippen LogP contribution in [0.25, 0.3) is 0 Å². The van der Waals surface area contributed by atoms with Crippen molar-refractivity contribution in [2.24, 2.45) is 53.3 Å². The Labute approximate surface area is 127 Å². The van der Waals surface area contributed by atoms with Crippen molar-refractivity contribution in [2.45, 2.75) is 39.5 Å². The summed E-state index contributed by atoms with van der Waals surface area (Å²) in [6.45, 7) is 5.15. The zero-order valence-corrected chi connectivity index (χ0v) is 13.0. The molecule has 0 N–H and O–H groups in total. The molecule has 9 unspecified atom stereocenters. The van der Waals surface area contributed by atoms with Crippen LogP contribution in [0.3, 0.4) is 0 Å². The fourth-order valence-corrected chi connectivity index (χ4v) is 6.80. The Morgan fingerprint density at radius 1 is 1.10 bits per heavy atom. The molecule has 0 spiro atoms. The second kappa shape index (κ2) is 4.73. The molecule has 0 amide bonds. The number of rotatable bonds is 3. The first kappa shape index (κ1) is 13.6. The van der Waals surface area contributed by atoms with E-state index in [9.17, 15) is 4.79 Å². The zero-order chi connectivity index (χ0) is 14.7. The number of hydrogen-bond acceptors (Lipinski definition) is 3. The summed E-state index contributed by atoms with van der Waals surface area (Å²) in [6.07, 6.45) is 4.06. The summed E-state index contributed by atoms with van der Waals surface area (Å²) < 4.78 is 5.33. The average molecular weight is 287 g/mol. The van der Waals surface area contributed by atoms with Gasteiger partial charge >= 0.3 is 5.97 Å². The maximum atomic E-state index is 12.3. The highest BCUT2D eigenvalue weighted by Gasteiger charge is 2.66. The van der Waals surface area contributed by atoms with Gasteiger partial charge in [-0.3, -0.25) is 4.79 Å². The van der Waals surface area contributed by atoms with Gasteiger partial charge in [-0.2, -0.15) is 5.26 Å². The summed E-state index contributed by atoms with van der Waals surface area (Å²) in [7, 11) is 0. The van der Waals surface area contributed by atoms with E-state index >= 15 is 0 Å². The van der Waals surface area contributed by atoms with Gasteiger partial charge in [0.25, 0.3) is 0 Å². The van der Waals surface area contributed by atoms with Crippen molar-refractivity contribution in [3.63, 3.8) is 0 Å². The van der Waals surface area contributed by atoms with Crippen molar-refractivity contribution in [1.29, 1.82) is 5.26 Å². The van der Waals surface area contributed by atoms with Gasteiger partial charge in [0.2, 0.25) is 0 Å². The molecule has 4 bridgehead atoms. The van der Waals surface area contributed by atoms with Gasteiger partial charge in [-0.05, 0) is 66.6 Å². The van der Waals surface area contributed by atoms with E-state index in [1.165, 1.54) is 12.8 Å². The SMILES string of the molecule is CC1C(C)C2CC1C1C3CC(C(=O)OCCC#N)C(C3)C21. The number of nitrogens with zero attached hydrogens (tertiary/aromatic N) is 1. The molecule has 4 rings (SSSR count). The molecule has 3 nitrogen and oxygen atoms in total. The topological polar surface area (TPSA) is 50.1 Å². The minimum absolute atomic E-state index is 0.0142. The molecule has 21 heavy (non-hydrogen) atoms. The summed E-state index contributed by atoms with van der Waals surface area (Å²) in [5.74, 6) is 6.71. The van der Waals surface area contributed by atoms with E-state index < -0.39 is 0 Å². The van der Waals surface area contributed by atoms with Gasteiger partial charge in [-0.15, -0.1) is 0 Å². The molecular formula is C18H25NO2. The molecule has 4 aliphatic carbocycles. The molecule has 0 heterocycles. The van der Waals surface area contributed by atoms with Gasteiger partial charge in [0.1, 0.15) is 6.61 Å². The Balaban J connectivity index is 1.48. The van der Waals surface area contributed by atoms with Crippen molar-refractivity contribution in [1.82, 2.24) is 0 Å². The van der Waals surface area contributed by atoms with Gasteiger partial charge in [0.05, 0.1) is 18.4 Å². The molecule has 4 aliphatic rings. The lowest BCUT2D eigenvalue weighted by atomic mass is 9.62. The molecule has 114 valence electrons. The molecular weight excluding hydrogens is 262 g/mol. The predicted octanol–water partition coefficient (Wildman–Crippen LogP) is 3.25. The first-order valence-electron chi connectivity index (χ1n) is 8.67. The Hall–Kier alpha value is -1.04. The number of carbonyl (C=O) groups excluding carboxylic acids is 1. The molecule has 0 aromatic rings. The van der Waals surface area contributed by atoms with E-state index in [-0.39, 0.29) is 18.5 Å². The van der Waals surface area contributed by atoms with E-state index in [2.05, 4.69) is 13.8 Å². The van der Waals surface area contributed by atoms with Gasteiger partial charge in [0, 0.05) is 0 Å². The highest BCUT2D eigenvalue weighted by Crippen LogP contribution is 2.71. The quantitative estimate of drug-likeness (QED) is 0.455. The molecule has 0 aromatic carbocycles. The summed E-state index contributed by atoms with van der Waals surface area (Å²) in [5, 5.41) is 8.56. The molecule has 0 aliphatic heterocycles. The minimum atomic E-state index is -0.0142. The van der Waals surface area contributed by atoms with E-state index in [4.69, 9.17) is 10.00 Å². The molecule has 0 radical (unpaired) electrons. The van der Waals surface area contributed by atoms with Crippen LogP contribution in [0, 0.1) is 64.6 Å². The van der Waals surface area contributed by atoms with Gasteiger partial charge in [0.15, 0.2) is 0 Å². The lowest BCUT2D eigenvalue weighted by Gasteiger charge is -2.43. The van der Waals surface area contributed by atoms with Crippen LogP contribution in [0.5, 0.6) is 0 Å². The Kier molecular flexibility index (Phi) is 3.07. The lowest BCUT2D eigenvalue weighted by molar-refractivity contribution is -0.152. The highest BCUT2D eigenvalue weighted by atomic mass is 16.5. The lowest BCUT2D eigenvalue weighted by Crippen LogP contribution is -2.40. The van der Waals surface area contributed by atoms with Crippen LogP contribution in [-0.4, -0.2) is 12.6 Å². The summed E-state index contributed by atoms with van der Waals surface area (Å²) >= 11 is 0. The number of hydrogen-bond donors (Lipinski definition) is 0. The molecule has 0 saturated heterocycles. The Morgan fingerprint density at radius 2 is 1.81 bits per heavy atom. The van der Waals surface area contributed by atoms with Crippen LogP contribution in [-0.2, 0) is 9.53 Å². The third kappa shape index (κ3) is 1.74. The summed E-state index contributed by atoms with van der Waals surface area (Å²) in [5.41, 5.74) is 0. The van der Waals surface area contributed by atoms with E-state index in [1.54, 1.807) is 0 Å². The van der Waals surface area contributed by atoms with Crippen LogP contribution in [0.2, 0.25) is 0 Å². The first-order chi connectivity index (χ1) is 10.1. The molecule has 4 saturated carbocycles. The summed E-state index contributed by atoms with van der Waals surface area (Å²) in [4.78, 5) is 12.3. The smallest absolute Gasteiger partial charge is 0.309 e. The standard InChI is InChI=1S/C18H25NO2/c1-9-10(2)13-8-12(9)16-11-6-14(17(13)16)15(7-11)18(20)21-5-3-4-19/h9-17H,3,5-8H2,1-2H3. The predicted molar refractivity (Wildman–Crippen MR) is 77.8 cm³/mol. The number of nitriles is 1. The Morgan fingerprint density at radius 3 is 2.52 bits per heavy atom. The van der Waals surface area contributed by atoms with Crippen molar-refractivity contribution in [3.8, 4) is 6.07 Å². The van der Waals surface area contributed by atoms with Crippen molar-refractivity contribution in [3.05, 3.63) is 0 Å². The first-order valence-corrected chi connectivity index (χ1v) is 8.67. The van der Waals surface area contributed by atoms with E-state index in [0.717, 1.165) is 47.8 Å². The summed E-state index contributed by atoms with van der Waals surface area (Å²) in [6, 6.07) is 2.04. The maximum Gasteiger partial charge on any atom is 0.309 e. The van der Waals surface area contributed by atoms with Crippen LogP contribution in [0.15, 0.2) is 0 Å². The maximum absolute atomic E-state index is 12.3. The van der Waals surface area contributed by atoms with E-state index in [1.807, 2.05) is 6.07 Å². The molecule has 0 aromatic heterocycles. The fourth-order valence-electron chi connectivity index (χ4n) is 6.80. The van der Waals surface area contributed by atoms with E-state index in [0.29, 0.717) is 12.3 Å². The fraction of sp³-hybridized carbons (Fsp3) is 0.889. The van der Waals surface area contributed by atoms with Gasteiger partial charge in [-0.25, -0.2) is 0 Å². The number of fused-ring (bicyclic) bond motifs is 9.